The third-order valence-electron chi connectivity index (χ3n) is 3.69. The quantitative estimate of drug-likeness (QED) is 0.889. The number of benzene rings is 1. The van der Waals surface area contributed by atoms with E-state index in [1.54, 1.807) is 0 Å². The first-order valence-electron chi connectivity index (χ1n) is 6.89. The monoisotopic (exact) mass is 248 g/mol. The maximum Gasteiger partial charge on any atom is 0.124 e. The SMILES string of the molecule is CC(C)N1CCC(Oc2ccccc2CN)CC1. The van der Waals surface area contributed by atoms with Gasteiger partial charge in [0.1, 0.15) is 11.9 Å². The molecule has 0 saturated carbocycles. The molecule has 0 radical (unpaired) electrons. The lowest BCUT2D eigenvalue weighted by Gasteiger charge is -2.34. The standard InChI is InChI=1S/C15H24N2O/c1-12(2)17-9-7-14(8-10-17)18-15-6-4-3-5-13(15)11-16/h3-6,12,14H,7-11,16H2,1-2H3. The van der Waals surface area contributed by atoms with Crippen LogP contribution in [0.5, 0.6) is 5.75 Å². The normalized spacial score (nSPS) is 18.2. The molecular formula is C15H24N2O. The molecule has 18 heavy (non-hydrogen) atoms. The van der Waals surface area contributed by atoms with Crippen molar-refractivity contribution in [1.82, 2.24) is 4.90 Å². The molecule has 2 rings (SSSR count). The predicted octanol–water partition coefficient (Wildman–Crippen LogP) is 2.40. The molecule has 1 aromatic rings. The van der Waals surface area contributed by atoms with Crippen molar-refractivity contribution in [2.24, 2.45) is 5.73 Å². The Labute approximate surface area is 110 Å². The first-order valence-corrected chi connectivity index (χ1v) is 6.89. The van der Waals surface area contributed by atoms with E-state index in [0.717, 1.165) is 37.2 Å². The summed E-state index contributed by atoms with van der Waals surface area (Å²) in [6, 6.07) is 8.73. The third kappa shape index (κ3) is 3.24. The van der Waals surface area contributed by atoms with Crippen LogP contribution in [0.1, 0.15) is 32.3 Å². The Bertz CT molecular complexity index is 371. The molecule has 1 aliphatic rings. The molecule has 0 amide bonds. The highest BCUT2D eigenvalue weighted by Crippen LogP contribution is 2.23. The zero-order chi connectivity index (χ0) is 13.0. The number of rotatable bonds is 4. The highest BCUT2D eigenvalue weighted by Gasteiger charge is 2.22. The van der Waals surface area contributed by atoms with Crippen LogP contribution in [0.15, 0.2) is 24.3 Å². The van der Waals surface area contributed by atoms with Gasteiger partial charge in [0.15, 0.2) is 0 Å². The van der Waals surface area contributed by atoms with Crippen LogP contribution in [0.2, 0.25) is 0 Å². The average molecular weight is 248 g/mol. The van der Waals surface area contributed by atoms with Crippen LogP contribution in [0.4, 0.5) is 0 Å². The van der Waals surface area contributed by atoms with Crippen molar-refractivity contribution in [3.05, 3.63) is 29.8 Å². The fourth-order valence-electron chi connectivity index (χ4n) is 2.48. The number of nitrogens with two attached hydrogens (primary N) is 1. The van der Waals surface area contributed by atoms with E-state index in [4.69, 9.17) is 10.5 Å². The molecule has 0 unspecified atom stereocenters. The van der Waals surface area contributed by atoms with Gasteiger partial charge in [0, 0.05) is 31.2 Å². The van der Waals surface area contributed by atoms with E-state index in [1.165, 1.54) is 0 Å². The molecular weight excluding hydrogens is 224 g/mol. The molecule has 3 heteroatoms. The minimum Gasteiger partial charge on any atom is -0.490 e. The largest absolute Gasteiger partial charge is 0.490 e. The van der Waals surface area contributed by atoms with E-state index in [1.807, 2.05) is 24.3 Å². The Hall–Kier alpha value is -1.06. The second-order valence-corrected chi connectivity index (χ2v) is 5.26. The molecule has 0 aromatic heterocycles. The van der Waals surface area contributed by atoms with Crippen molar-refractivity contribution in [1.29, 1.82) is 0 Å². The zero-order valence-corrected chi connectivity index (χ0v) is 11.4. The number of hydrogen-bond acceptors (Lipinski definition) is 3. The highest BCUT2D eigenvalue weighted by molar-refractivity contribution is 5.33. The molecule has 2 N–H and O–H groups in total. The molecule has 0 atom stereocenters. The van der Waals surface area contributed by atoms with E-state index in [2.05, 4.69) is 18.7 Å². The van der Waals surface area contributed by atoms with Crippen LogP contribution < -0.4 is 10.5 Å². The van der Waals surface area contributed by atoms with Gasteiger partial charge in [-0.3, -0.25) is 0 Å². The molecule has 0 spiro atoms. The Morgan fingerprint density at radius 3 is 2.56 bits per heavy atom. The minimum absolute atomic E-state index is 0.340. The highest BCUT2D eigenvalue weighted by atomic mass is 16.5. The van der Waals surface area contributed by atoms with Crippen LogP contribution in [0.3, 0.4) is 0 Å². The smallest absolute Gasteiger partial charge is 0.124 e. The molecule has 1 aliphatic heterocycles. The topological polar surface area (TPSA) is 38.5 Å². The first-order chi connectivity index (χ1) is 8.70. The van der Waals surface area contributed by atoms with Crippen molar-refractivity contribution in [3.8, 4) is 5.75 Å². The van der Waals surface area contributed by atoms with Gasteiger partial charge in [-0.1, -0.05) is 18.2 Å². The number of para-hydroxylation sites is 1. The lowest BCUT2D eigenvalue weighted by Crippen LogP contribution is -2.41. The maximum absolute atomic E-state index is 6.10. The number of likely N-dealkylation sites (tertiary alicyclic amines) is 1. The van der Waals surface area contributed by atoms with Crippen LogP contribution in [-0.2, 0) is 6.54 Å². The molecule has 1 fully saturated rings. The maximum atomic E-state index is 6.10. The van der Waals surface area contributed by atoms with Crippen molar-refractivity contribution in [3.63, 3.8) is 0 Å². The Morgan fingerprint density at radius 1 is 1.28 bits per heavy atom. The summed E-state index contributed by atoms with van der Waals surface area (Å²) in [5.74, 6) is 0.961. The summed E-state index contributed by atoms with van der Waals surface area (Å²) in [5, 5.41) is 0. The van der Waals surface area contributed by atoms with Crippen LogP contribution in [-0.4, -0.2) is 30.1 Å². The van der Waals surface area contributed by atoms with Crippen molar-refractivity contribution < 1.29 is 4.74 Å². The van der Waals surface area contributed by atoms with E-state index in [-0.39, 0.29) is 0 Å². The van der Waals surface area contributed by atoms with Gasteiger partial charge in [0.05, 0.1) is 0 Å². The van der Waals surface area contributed by atoms with Crippen molar-refractivity contribution in [2.75, 3.05) is 13.1 Å². The Morgan fingerprint density at radius 2 is 1.94 bits per heavy atom. The van der Waals surface area contributed by atoms with Crippen molar-refractivity contribution in [2.45, 2.75) is 45.4 Å². The number of ether oxygens (including phenoxy) is 1. The van der Waals surface area contributed by atoms with E-state index in [9.17, 15) is 0 Å². The van der Waals surface area contributed by atoms with Gasteiger partial charge in [-0.25, -0.2) is 0 Å². The van der Waals surface area contributed by atoms with Gasteiger partial charge >= 0.3 is 0 Å². The van der Waals surface area contributed by atoms with Crippen LogP contribution in [0, 0.1) is 0 Å². The molecule has 3 nitrogen and oxygen atoms in total. The lowest BCUT2D eigenvalue weighted by molar-refractivity contribution is 0.0837. The molecule has 1 heterocycles. The second kappa shape index (κ2) is 6.21. The summed E-state index contributed by atoms with van der Waals surface area (Å²) in [4.78, 5) is 2.51. The molecule has 1 saturated heterocycles. The van der Waals surface area contributed by atoms with Crippen LogP contribution in [0.25, 0.3) is 0 Å². The van der Waals surface area contributed by atoms with Gasteiger partial charge in [-0.15, -0.1) is 0 Å². The van der Waals surface area contributed by atoms with Gasteiger partial charge in [0.2, 0.25) is 0 Å². The summed E-state index contributed by atoms with van der Waals surface area (Å²) < 4.78 is 6.10. The minimum atomic E-state index is 0.340. The summed E-state index contributed by atoms with van der Waals surface area (Å²) in [5.41, 5.74) is 6.83. The number of hydrogen-bond donors (Lipinski definition) is 1. The van der Waals surface area contributed by atoms with Gasteiger partial charge in [-0.2, -0.15) is 0 Å². The summed E-state index contributed by atoms with van der Waals surface area (Å²) >= 11 is 0. The van der Waals surface area contributed by atoms with Gasteiger partial charge < -0.3 is 15.4 Å². The van der Waals surface area contributed by atoms with Crippen LogP contribution >= 0.6 is 0 Å². The number of piperidine rings is 1. The van der Waals surface area contributed by atoms with E-state index < -0.39 is 0 Å². The Balaban J connectivity index is 1.91. The average Bonchev–Trinajstić information content (AvgIpc) is 2.40. The first kappa shape index (κ1) is 13.4. The molecule has 100 valence electrons. The third-order valence-corrected chi connectivity index (χ3v) is 3.69. The molecule has 1 aromatic carbocycles. The molecule has 0 aliphatic carbocycles. The number of nitrogens with zero attached hydrogens (tertiary/aromatic N) is 1. The van der Waals surface area contributed by atoms with Gasteiger partial charge in [-0.05, 0) is 32.8 Å². The fraction of sp³-hybridized carbons (Fsp3) is 0.600. The van der Waals surface area contributed by atoms with E-state index >= 15 is 0 Å². The zero-order valence-electron chi connectivity index (χ0n) is 11.4. The fourth-order valence-corrected chi connectivity index (χ4v) is 2.48. The predicted molar refractivity (Wildman–Crippen MR) is 74.7 cm³/mol. The summed E-state index contributed by atoms with van der Waals surface area (Å²) in [7, 11) is 0. The van der Waals surface area contributed by atoms with Gasteiger partial charge in [0.25, 0.3) is 0 Å². The lowest BCUT2D eigenvalue weighted by atomic mass is 10.1. The molecule has 0 bridgehead atoms. The summed E-state index contributed by atoms with van der Waals surface area (Å²) in [6.45, 7) is 7.32. The summed E-state index contributed by atoms with van der Waals surface area (Å²) in [6.07, 6.45) is 2.56. The Kier molecular flexibility index (Phi) is 4.61. The van der Waals surface area contributed by atoms with Crippen molar-refractivity contribution >= 4 is 0 Å². The second-order valence-electron chi connectivity index (χ2n) is 5.26. The van der Waals surface area contributed by atoms with E-state index in [0.29, 0.717) is 18.7 Å².